The zero-order chi connectivity index (χ0) is 24.6. The quantitative estimate of drug-likeness (QED) is 0.231. The number of rotatable bonds is 8. The largest absolute Gasteiger partial charge is 0.256 e. The number of hydrogen-bond acceptors (Lipinski definition) is 6. The van der Waals surface area contributed by atoms with Gasteiger partial charge in [-0.1, -0.05) is 72.1 Å². The highest BCUT2D eigenvalue weighted by molar-refractivity contribution is 9.11. The molecule has 2 aromatic rings. The first-order valence-electron chi connectivity index (χ1n) is 11.4. The predicted molar refractivity (Wildman–Crippen MR) is 148 cm³/mol. The third kappa shape index (κ3) is 6.34. The molecule has 184 valence electrons. The summed E-state index contributed by atoms with van der Waals surface area (Å²) in [5, 5.41) is 4.42. The highest BCUT2D eigenvalue weighted by atomic mass is 79.9. The predicted octanol–water partition coefficient (Wildman–Crippen LogP) is 8.89. The number of nitrogens with zero attached hydrogens (tertiary/aromatic N) is 5. The molecule has 2 aromatic heterocycles. The molecule has 4 rings (SSSR count). The van der Waals surface area contributed by atoms with Gasteiger partial charge >= 0.3 is 0 Å². The fourth-order valence-corrected chi connectivity index (χ4v) is 5.32. The van der Waals surface area contributed by atoms with Crippen molar-refractivity contribution in [3.05, 3.63) is 65.6 Å². The van der Waals surface area contributed by atoms with Gasteiger partial charge in [-0.3, -0.25) is 4.98 Å². The van der Waals surface area contributed by atoms with E-state index in [0.717, 1.165) is 51.3 Å². The van der Waals surface area contributed by atoms with Crippen molar-refractivity contribution >= 4 is 64.0 Å². The molecule has 0 N–H and O–H groups in total. The summed E-state index contributed by atoms with van der Waals surface area (Å²) in [6.45, 7) is 2.28. The van der Waals surface area contributed by atoms with Gasteiger partial charge in [0.05, 0.1) is 11.9 Å². The van der Waals surface area contributed by atoms with Crippen molar-refractivity contribution in [1.29, 1.82) is 0 Å². The summed E-state index contributed by atoms with van der Waals surface area (Å²) in [5.41, 5.74) is 3.44. The molecule has 0 aliphatic heterocycles. The summed E-state index contributed by atoms with van der Waals surface area (Å²) in [7, 11) is 0. The highest BCUT2D eigenvalue weighted by Crippen LogP contribution is 2.38. The molecule has 0 unspecified atom stereocenters. The van der Waals surface area contributed by atoms with Crippen molar-refractivity contribution in [1.82, 2.24) is 18.5 Å². The second-order valence-corrected chi connectivity index (χ2v) is 10.3. The van der Waals surface area contributed by atoms with Gasteiger partial charge in [0, 0.05) is 28.5 Å². The van der Waals surface area contributed by atoms with Gasteiger partial charge in [-0.2, -0.15) is 13.5 Å². The topological polar surface area (TPSA) is 46.3 Å². The van der Waals surface area contributed by atoms with Gasteiger partial charge in [0.15, 0.2) is 36.3 Å². The second-order valence-electron chi connectivity index (χ2n) is 8.57. The molecule has 0 aromatic carbocycles. The number of hydrogen-bond donors (Lipinski definition) is 0. The molecule has 0 spiro atoms. The van der Waals surface area contributed by atoms with E-state index in [0.29, 0.717) is 11.7 Å². The van der Waals surface area contributed by atoms with Crippen LogP contribution in [0.3, 0.4) is 0 Å². The lowest BCUT2D eigenvalue weighted by Gasteiger charge is -2.23. The maximum atomic E-state index is 13.4. The van der Waals surface area contributed by atoms with Crippen molar-refractivity contribution in [3.63, 3.8) is 0 Å². The van der Waals surface area contributed by atoms with E-state index < -0.39 is 0 Å². The van der Waals surface area contributed by atoms with Gasteiger partial charge in [-0.05, 0) is 42.7 Å². The molecule has 10 heteroatoms. The number of allylic oxidation sites excluding steroid dienone is 6. The van der Waals surface area contributed by atoms with Crippen LogP contribution in [0.25, 0.3) is 22.5 Å². The van der Waals surface area contributed by atoms with E-state index in [1.54, 1.807) is 12.4 Å². The molecule has 0 radical (unpaired) electrons. The van der Waals surface area contributed by atoms with E-state index in [1.807, 2.05) is 30.5 Å². The molecule has 2 aliphatic carbocycles. The molecule has 2 aliphatic rings. The first kappa shape index (κ1) is 25.9. The summed E-state index contributed by atoms with van der Waals surface area (Å²) in [5.74, 6) is 1.75. The second kappa shape index (κ2) is 12.7. The molecule has 0 atom stereocenters. The van der Waals surface area contributed by atoms with E-state index in [-0.39, 0.29) is 30.5 Å². The van der Waals surface area contributed by atoms with Gasteiger partial charge in [-0.15, -0.1) is 7.77 Å². The first-order valence-corrected chi connectivity index (χ1v) is 13.7. The van der Waals surface area contributed by atoms with Gasteiger partial charge < -0.3 is 0 Å². The number of pyridine rings is 1. The fraction of sp³-hybridized carbons (Fsp3) is 0.320. The molecule has 2 heterocycles. The Morgan fingerprint density at radius 1 is 1.17 bits per heavy atom. The number of halogens is 3. The molecule has 0 bridgehead atoms. The third-order valence-corrected chi connectivity index (χ3v) is 7.56. The Labute approximate surface area is 222 Å². The van der Waals surface area contributed by atoms with Crippen LogP contribution < -0.4 is 0 Å². The molecule has 0 saturated heterocycles. The number of aliphatic imine (C=N–C) groups is 1. The van der Waals surface area contributed by atoms with Gasteiger partial charge in [0.1, 0.15) is 0 Å². The average molecular weight is 579 g/mol. The molecule has 5 nitrogen and oxygen atoms in total. The summed E-state index contributed by atoms with van der Waals surface area (Å²) >= 11 is 2.74. The Morgan fingerprint density at radius 3 is 2.66 bits per heavy atom. The monoisotopic (exact) mass is 577 g/mol. The van der Waals surface area contributed by atoms with Crippen LogP contribution in [0, 0.1) is 11.8 Å². The van der Waals surface area contributed by atoms with Crippen LogP contribution >= 0.6 is 40.6 Å². The summed E-state index contributed by atoms with van der Waals surface area (Å²) < 4.78 is 29.0. The van der Waals surface area contributed by atoms with Gasteiger partial charge in [-0.25, -0.2) is 4.99 Å². The van der Waals surface area contributed by atoms with E-state index >= 15 is 0 Å². The maximum absolute atomic E-state index is 13.4. The Bertz CT molecular complexity index is 1150. The Kier molecular flexibility index (Phi) is 9.39. The standard InChI is InChI=1S/C25H26BrF2N5S2/c1-18-8-10-19(11-9-18)15-30-25-22(17-31-32(25)24(14-26)33(34-27)35-28)21-12-13-23(29-16-21)20-6-4-2-3-5-7-20/h2,4-7,12-19H,3,8-11H2,1H3/b24-14-,30-15+. The minimum absolute atomic E-state index is 0.158. The van der Waals surface area contributed by atoms with Crippen LogP contribution in [-0.4, -0.2) is 24.7 Å². The summed E-state index contributed by atoms with van der Waals surface area (Å²) in [4.78, 5) is 10.9. The fourth-order valence-electron chi connectivity index (χ4n) is 4.17. The highest BCUT2D eigenvalue weighted by Gasteiger charge is 2.22. The first-order chi connectivity index (χ1) is 17.1. The average Bonchev–Trinajstić information content (AvgIpc) is 3.11. The van der Waals surface area contributed by atoms with Crippen molar-refractivity contribution < 1.29 is 7.77 Å². The smallest absolute Gasteiger partial charge is 0.179 e. The van der Waals surface area contributed by atoms with Crippen molar-refractivity contribution in [2.24, 2.45) is 16.8 Å². The Balaban J connectivity index is 1.70. The van der Waals surface area contributed by atoms with Crippen LogP contribution in [0.5, 0.6) is 0 Å². The van der Waals surface area contributed by atoms with Gasteiger partial charge in [0.25, 0.3) is 0 Å². The van der Waals surface area contributed by atoms with Crippen LogP contribution in [0.15, 0.2) is 64.9 Å². The zero-order valence-corrected chi connectivity index (χ0v) is 22.4. The minimum Gasteiger partial charge on any atom is -0.256 e. The van der Waals surface area contributed by atoms with Crippen molar-refractivity contribution in [3.8, 4) is 11.1 Å². The normalized spacial score (nSPS) is 20.8. The molecular weight excluding hydrogens is 552 g/mol. The Hall–Kier alpha value is -2.17. The van der Waals surface area contributed by atoms with Crippen LogP contribution in [0.2, 0.25) is 0 Å². The van der Waals surface area contributed by atoms with Crippen molar-refractivity contribution in [2.45, 2.75) is 39.0 Å². The summed E-state index contributed by atoms with van der Waals surface area (Å²) in [6, 6.07) is 3.93. The molecule has 1 fully saturated rings. The van der Waals surface area contributed by atoms with Crippen LogP contribution in [0.4, 0.5) is 13.6 Å². The van der Waals surface area contributed by atoms with E-state index in [2.05, 4.69) is 51.2 Å². The van der Waals surface area contributed by atoms with Crippen molar-refractivity contribution in [2.75, 3.05) is 0 Å². The van der Waals surface area contributed by atoms with Gasteiger partial charge in [0.2, 0.25) is 0 Å². The van der Waals surface area contributed by atoms with E-state index in [1.165, 1.54) is 22.5 Å². The molecule has 1 saturated carbocycles. The summed E-state index contributed by atoms with van der Waals surface area (Å²) in [6.07, 6.45) is 21.1. The molecular formula is C25H26BrF2N5S2. The lowest BCUT2D eigenvalue weighted by Crippen LogP contribution is -2.13. The maximum Gasteiger partial charge on any atom is 0.179 e. The number of aromatic nitrogens is 3. The third-order valence-electron chi connectivity index (χ3n) is 6.19. The lowest BCUT2D eigenvalue weighted by molar-refractivity contribution is 0.347. The zero-order valence-electron chi connectivity index (χ0n) is 19.2. The lowest BCUT2D eigenvalue weighted by atomic mass is 9.84. The molecule has 35 heavy (non-hydrogen) atoms. The Morgan fingerprint density at radius 2 is 1.97 bits per heavy atom. The van der Waals surface area contributed by atoms with E-state index in [9.17, 15) is 7.77 Å². The van der Waals surface area contributed by atoms with Crippen LogP contribution in [-0.2, 0) is 0 Å². The molecule has 0 amide bonds. The SMILES string of the molecule is CC1CCC(/C=N/c2c(-c3ccc(C4=CC=CCC=C4)nc3)cnn2/C(=C/Br)N(SF)SF)CC1. The van der Waals surface area contributed by atoms with Crippen LogP contribution in [0.1, 0.15) is 44.7 Å². The van der Waals surface area contributed by atoms with E-state index in [4.69, 9.17) is 4.99 Å². The minimum atomic E-state index is -0.243.